The summed E-state index contributed by atoms with van der Waals surface area (Å²) in [5, 5.41) is 86.2. The monoisotopic (exact) mass is 906 g/mol. The van der Waals surface area contributed by atoms with Gasteiger partial charge in [0.15, 0.2) is 12.6 Å². The van der Waals surface area contributed by atoms with Crippen LogP contribution in [0, 0.1) is 39.4 Å². The van der Waals surface area contributed by atoms with Gasteiger partial charge in [-0.3, -0.25) is 14.4 Å². The van der Waals surface area contributed by atoms with Crippen molar-refractivity contribution in [1.82, 2.24) is 0 Å². The SMILES string of the molecule is C=C(C)C=CCC(C)(O)C1CCC2(C)C3CC=C4C(CCC(OC5OC(COC(=O)CC(C)(O)CC(=O)O)C(O)C(O)C5OC5OC(C)C(O)C(O)C5O)C4(C)C)C3(C)C(=O)CC12C. The first-order valence-corrected chi connectivity index (χ1v) is 22.9. The molecule has 362 valence electrons. The Hall–Kier alpha value is -2.61. The molecule has 8 N–H and O–H groups in total. The molecule has 0 aromatic carbocycles. The van der Waals surface area contributed by atoms with Crippen LogP contribution in [0.25, 0.3) is 0 Å². The van der Waals surface area contributed by atoms with Crippen molar-refractivity contribution in [3.63, 3.8) is 0 Å². The van der Waals surface area contributed by atoms with Crippen molar-refractivity contribution >= 4 is 17.7 Å². The van der Waals surface area contributed by atoms with Gasteiger partial charge in [-0.15, -0.1) is 0 Å². The highest BCUT2D eigenvalue weighted by molar-refractivity contribution is 5.88. The van der Waals surface area contributed by atoms with E-state index < -0.39 is 126 Å². The van der Waals surface area contributed by atoms with Crippen LogP contribution >= 0.6 is 0 Å². The quantitative estimate of drug-likeness (QED) is 0.0707. The number of rotatable bonds is 14. The van der Waals surface area contributed by atoms with E-state index in [1.807, 2.05) is 39.8 Å². The fourth-order valence-electron chi connectivity index (χ4n) is 13.0. The predicted octanol–water partition coefficient (Wildman–Crippen LogP) is 3.25. The number of allylic oxidation sites excluding steroid dienone is 3. The molecule has 0 amide bonds. The van der Waals surface area contributed by atoms with Crippen molar-refractivity contribution in [3.8, 4) is 0 Å². The Morgan fingerprint density at radius 2 is 1.56 bits per heavy atom. The molecule has 6 aliphatic rings. The van der Waals surface area contributed by atoms with Crippen LogP contribution in [0.5, 0.6) is 0 Å². The Bertz CT molecular complexity index is 1840. The second kappa shape index (κ2) is 18.1. The first-order chi connectivity index (χ1) is 29.5. The molecular formula is C48H74O16. The average Bonchev–Trinajstić information content (AvgIpc) is 3.45. The van der Waals surface area contributed by atoms with E-state index in [4.69, 9.17) is 28.8 Å². The van der Waals surface area contributed by atoms with E-state index in [9.17, 15) is 50.1 Å². The van der Waals surface area contributed by atoms with E-state index in [1.165, 1.54) is 13.8 Å². The lowest BCUT2D eigenvalue weighted by Crippen LogP contribution is -2.65. The van der Waals surface area contributed by atoms with Gasteiger partial charge in [0.05, 0.1) is 36.3 Å². The molecule has 19 unspecified atom stereocenters. The molecule has 4 aliphatic carbocycles. The van der Waals surface area contributed by atoms with Gasteiger partial charge >= 0.3 is 11.9 Å². The minimum Gasteiger partial charge on any atom is -0.481 e. The lowest BCUT2D eigenvalue weighted by atomic mass is 9.38. The number of ketones is 1. The first kappa shape index (κ1) is 50.8. The van der Waals surface area contributed by atoms with Crippen molar-refractivity contribution in [2.75, 3.05) is 6.61 Å². The van der Waals surface area contributed by atoms with Gasteiger partial charge in [-0.1, -0.05) is 70.6 Å². The van der Waals surface area contributed by atoms with Crippen molar-refractivity contribution < 1.29 is 78.9 Å². The number of aliphatic hydroxyl groups is 7. The fourth-order valence-corrected chi connectivity index (χ4v) is 13.0. The highest BCUT2D eigenvalue weighted by Crippen LogP contribution is 2.74. The molecule has 64 heavy (non-hydrogen) atoms. The molecule has 0 aromatic rings. The lowest BCUT2D eigenvalue weighted by Gasteiger charge is -2.65. The smallest absolute Gasteiger partial charge is 0.308 e. The topological polar surface area (TPSA) is 259 Å². The molecule has 16 heteroatoms. The third-order valence-electron chi connectivity index (χ3n) is 16.8. The lowest BCUT2D eigenvalue weighted by molar-refractivity contribution is -0.372. The number of Topliss-reactive ketones (excluding diaryl/α,β-unsaturated/α-hetero) is 1. The molecule has 19 atom stereocenters. The molecule has 0 spiro atoms. The number of fused-ring (bicyclic) bond motifs is 5. The minimum atomic E-state index is -1.92. The first-order valence-electron chi connectivity index (χ1n) is 22.9. The van der Waals surface area contributed by atoms with Crippen LogP contribution in [0.1, 0.15) is 120 Å². The Morgan fingerprint density at radius 1 is 0.891 bits per heavy atom. The molecule has 2 heterocycles. The molecule has 3 saturated carbocycles. The Morgan fingerprint density at radius 3 is 2.20 bits per heavy atom. The van der Waals surface area contributed by atoms with Crippen LogP contribution in [0.3, 0.4) is 0 Å². The summed E-state index contributed by atoms with van der Waals surface area (Å²) in [5.74, 6) is -2.30. The molecule has 0 bridgehead atoms. The average molecular weight is 907 g/mol. The number of hydrogen-bond acceptors (Lipinski definition) is 15. The number of ether oxygens (including phenoxy) is 5. The van der Waals surface area contributed by atoms with E-state index in [0.29, 0.717) is 32.1 Å². The van der Waals surface area contributed by atoms with Gasteiger partial charge in [0.1, 0.15) is 55.1 Å². The summed E-state index contributed by atoms with van der Waals surface area (Å²) in [6.07, 6.45) is -7.18. The van der Waals surface area contributed by atoms with Crippen molar-refractivity contribution in [1.29, 1.82) is 0 Å². The van der Waals surface area contributed by atoms with Crippen LogP contribution in [0.15, 0.2) is 36.0 Å². The van der Waals surface area contributed by atoms with Crippen molar-refractivity contribution in [2.45, 2.75) is 199 Å². The Labute approximate surface area is 376 Å². The second-order valence-corrected chi connectivity index (χ2v) is 21.8. The maximum Gasteiger partial charge on any atom is 0.308 e. The summed E-state index contributed by atoms with van der Waals surface area (Å²) >= 11 is 0. The Kier molecular flexibility index (Phi) is 14.4. The fraction of sp³-hybridized carbons (Fsp3) is 0.812. The van der Waals surface area contributed by atoms with E-state index in [-0.39, 0.29) is 29.0 Å². The summed E-state index contributed by atoms with van der Waals surface area (Å²) < 4.78 is 30.1. The van der Waals surface area contributed by atoms with Gasteiger partial charge in [-0.2, -0.15) is 0 Å². The molecular weight excluding hydrogens is 833 g/mol. The third-order valence-corrected chi connectivity index (χ3v) is 16.8. The minimum absolute atomic E-state index is 0.0191. The molecule has 0 aromatic heterocycles. The van der Waals surface area contributed by atoms with E-state index in [2.05, 4.69) is 33.4 Å². The molecule has 2 aliphatic heterocycles. The van der Waals surface area contributed by atoms with Crippen LogP contribution in [-0.2, 0) is 38.1 Å². The maximum atomic E-state index is 14.9. The summed E-state index contributed by atoms with van der Waals surface area (Å²) in [5.41, 5.74) is -3.08. The molecule has 0 radical (unpaired) electrons. The maximum absolute atomic E-state index is 14.9. The number of carboxylic acids is 1. The standard InChI is InChI=1S/C48H74O16/c1-24(2)12-11-18-47(9,59)29-17-19-45(7)30-15-13-26-27(48(30,10)31(49)20-46(29,45)8)14-16-32(43(26,4)5)63-42-40(64-41-39(57)37(55)35(53)25(3)61-41)38(56)36(54)28(62-42)23-60-34(52)22-44(6,58)21-33(50)51/h11-13,25,27-30,32,35-42,53-59H,1,14-23H2,2-10H3,(H,50,51). The van der Waals surface area contributed by atoms with E-state index >= 15 is 0 Å². The zero-order chi connectivity index (χ0) is 47.7. The highest BCUT2D eigenvalue weighted by Gasteiger charge is 2.72. The molecule has 5 fully saturated rings. The van der Waals surface area contributed by atoms with Crippen LogP contribution in [0.4, 0.5) is 0 Å². The number of esters is 1. The van der Waals surface area contributed by atoms with Crippen LogP contribution in [-0.4, -0.2) is 144 Å². The largest absolute Gasteiger partial charge is 0.481 e. The molecule has 2 saturated heterocycles. The summed E-state index contributed by atoms with van der Waals surface area (Å²) in [7, 11) is 0. The number of carbonyl (C=O) groups is 3. The van der Waals surface area contributed by atoms with Crippen LogP contribution < -0.4 is 0 Å². The van der Waals surface area contributed by atoms with E-state index in [1.54, 1.807) is 0 Å². The van der Waals surface area contributed by atoms with Crippen molar-refractivity contribution in [3.05, 3.63) is 36.0 Å². The van der Waals surface area contributed by atoms with Gasteiger partial charge in [0.25, 0.3) is 0 Å². The molecule has 16 nitrogen and oxygen atoms in total. The van der Waals surface area contributed by atoms with Gasteiger partial charge < -0.3 is 64.5 Å². The highest BCUT2D eigenvalue weighted by atomic mass is 16.8. The van der Waals surface area contributed by atoms with Gasteiger partial charge in [0.2, 0.25) is 0 Å². The zero-order valence-corrected chi connectivity index (χ0v) is 38.9. The third kappa shape index (κ3) is 9.07. The zero-order valence-electron chi connectivity index (χ0n) is 38.9. The number of hydrogen-bond donors (Lipinski definition) is 8. The predicted molar refractivity (Wildman–Crippen MR) is 230 cm³/mol. The van der Waals surface area contributed by atoms with E-state index in [0.717, 1.165) is 24.0 Å². The van der Waals surface area contributed by atoms with Gasteiger partial charge in [-0.25, -0.2) is 0 Å². The summed E-state index contributed by atoms with van der Waals surface area (Å²) in [6.45, 7) is 20.5. The van der Waals surface area contributed by atoms with Crippen molar-refractivity contribution in [2.24, 2.45) is 39.4 Å². The molecule has 6 rings (SSSR count). The van der Waals surface area contributed by atoms with Crippen LogP contribution in [0.2, 0.25) is 0 Å². The number of carboxylic acid groups (broad SMARTS) is 1. The van der Waals surface area contributed by atoms with Gasteiger partial charge in [0, 0.05) is 17.3 Å². The second-order valence-electron chi connectivity index (χ2n) is 21.8. The summed E-state index contributed by atoms with van der Waals surface area (Å²) in [4.78, 5) is 38.9. The van der Waals surface area contributed by atoms with Gasteiger partial charge in [-0.05, 0) is 94.8 Å². The number of carbonyl (C=O) groups excluding carboxylic acids is 2. The summed E-state index contributed by atoms with van der Waals surface area (Å²) in [6, 6.07) is 0. The number of aliphatic hydroxyl groups excluding tert-OH is 5. The Balaban J connectivity index is 1.26. The normalized spacial score (nSPS) is 45.0. The number of aliphatic carboxylic acids is 1.